The van der Waals surface area contributed by atoms with E-state index in [0.29, 0.717) is 31.9 Å². The van der Waals surface area contributed by atoms with Crippen LogP contribution in [0.25, 0.3) is 0 Å². The van der Waals surface area contributed by atoms with Gasteiger partial charge in [0, 0.05) is 19.8 Å². The first kappa shape index (κ1) is 21.9. The third kappa shape index (κ3) is 5.81. The second kappa shape index (κ2) is 10.2. The van der Waals surface area contributed by atoms with Crippen LogP contribution in [0.15, 0.2) is 53.4 Å². The molecule has 0 radical (unpaired) electrons. The number of aryl methyl sites for hydroxylation is 2. The minimum Gasteiger partial charge on any atom is -0.382 e. The van der Waals surface area contributed by atoms with Crippen molar-refractivity contribution in [2.45, 2.75) is 32.1 Å². The summed E-state index contributed by atoms with van der Waals surface area (Å²) >= 11 is 0. The Hall–Kier alpha value is -2.38. The highest BCUT2D eigenvalue weighted by Gasteiger charge is 2.28. The summed E-state index contributed by atoms with van der Waals surface area (Å²) < 4.78 is 33.0. The van der Waals surface area contributed by atoms with Gasteiger partial charge in [-0.3, -0.25) is 9.10 Å². The first-order valence-electron chi connectivity index (χ1n) is 9.35. The van der Waals surface area contributed by atoms with E-state index < -0.39 is 10.0 Å². The van der Waals surface area contributed by atoms with Crippen LogP contribution in [0.4, 0.5) is 5.69 Å². The molecule has 7 heteroatoms. The molecule has 0 fully saturated rings. The van der Waals surface area contributed by atoms with Gasteiger partial charge in [-0.1, -0.05) is 35.9 Å². The lowest BCUT2D eigenvalue weighted by molar-refractivity contribution is -0.119. The van der Waals surface area contributed by atoms with Gasteiger partial charge in [0.25, 0.3) is 10.0 Å². The molecule has 0 saturated heterocycles. The molecule has 1 N–H and O–H groups in total. The van der Waals surface area contributed by atoms with E-state index in [2.05, 4.69) is 5.32 Å². The molecule has 0 bridgehead atoms. The number of nitrogens with zero attached hydrogens (tertiary/aromatic N) is 1. The van der Waals surface area contributed by atoms with Crippen LogP contribution in [-0.4, -0.2) is 40.6 Å². The monoisotopic (exact) mass is 404 g/mol. The van der Waals surface area contributed by atoms with Crippen LogP contribution in [0, 0.1) is 13.8 Å². The molecule has 0 saturated carbocycles. The van der Waals surface area contributed by atoms with Gasteiger partial charge < -0.3 is 10.1 Å². The van der Waals surface area contributed by atoms with Crippen molar-refractivity contribution in [1.29, 1.82) is 0 Å². The van der Waals surface area contributed by atoms with Gasteiger partial charge in [-0.15, -0.1) is 0 Å². The fraction of sp³-hybridized carbons (Fsp3) is 0.381. The zero-order valence-corrected chi connectivity index (χ0v) is 17.5. The van der Waals surface area contributed by atoms with Crippen molar-refractivity contribution in [3.8, 4) is 0 Å². The van der Waals surface area contributed by atoms with E-state index in [1.54, 1.807) is 36.4 Å². The van der Waals surface area contributed by atoms with Crippen LogP contribution in [0.5, 0.6) is 0 Å². The Morgan fingerprint density at radius 3 is 2.39 bits per heavy atom. The van der Waals surface area contributed by atoms with Crippen LogP contribution in [0.2, 0.25) is 0 Å². The number of sulfonamides is 1. The molecule has 1 amide bonds. The van der Waals surface area contributed by atoms with E-state index in [9.17, 15) is 13.2 Å². The average Bonchev–Trinajstić information content (AvgIpc) is 2.67. The van der Waals surface area contributed by atoms with Crippen LogP contribution in [-0.2, 0) is 19.6 Å². The summed E-state index contributed by atoms with van der Waals surface area (Å²) in [6.07, 6.45) is 0.675. The number of carbonyl (C=O) groups excluding carboxylic acids is 1. The number of nitrogens with one attached hydrogen (secondary N) is 1. The smallest absolute Gasteiger partial charge is 0.264 e. The van der Waals surface area contributed by atoms with E-state index in [1.807, 2.05) is 32.9 Å². The highest BCUT2D eigenvalue weighted by molar-refractivity contribution is 7.92. The molecular formula is C21H28N2O4S. The fourth-order valence-electron chi connectivity index (χ4n) is 2.71. The molecule has 152 valence electrons. The summed E-state index contributed by atoms with van der Waals surface area (Å²) in [6.45, 7) is 6.97. The molecule has 6 nitrogen and oxygen atoms in total. The van der Waals surface area contributed by atoms with Gasteiger partial charge >= 0.3 is 0 Å². The van der Waals surface area contributed by atoms with Gasteiger partial charge in [0.1, 0.15) is 6.54 Å². The molecule has 0 atom stereocenters. The molecule has 0 aliphatic carbocycles. The lowest BCUT2D eigenvalue weighted by atomic mass is 10.2. The standard InChI is InChI=1S/C21H28N2O4S/c1-4-27-15-7-14-22-21(24)16-23(20-9-6-5-8-18(20)3)28(25,26)19-12-10-17(2)11-13-19/h5-6,8-13H,4,7,14-16H2,1-3H3,(H,22,24). The number of anilines is 1. The minimum atomic E-state index is -3.88. The number of para-hydroxylation sites is 1. The molecule has 2 aromatic rings. The number of amides is 1. The minimum absolute atomic E-state index is 0.158. The second-order valence-electron chi connectivity index (χ2n) is 6.51. The number of benzene rings is 2. The predicted molar refractivity (Wildman–Crippen MR) is 111 cm³/mol. The van der Waals surface area contributed by atoms with Gasteiger partial charge in [-0.05, 0) is 51.0 Å². The van der Waals surface area contributed by atoms with Crippen LogP contribution >= 0.6 is 0 Å². The lowest BCUT2D eigenvalue weighted by Gasteiger charge is -2.25. The zero-order valence-electron chi connectivity index (χ0n) is 16.6. The molecule has 2 rings (SSSR count). The molecule has 0 unspecified atom stereocenters. The van der Waals surface area contributed by atoms with E-state index in [-0.39, 0.29) is 17.3 Å². The third-order valence-electron chi connectivity index (χ3n) is 4.27. The van der Waals surface area contributed by atoms with Gasteiger partial charge in [-0.2, -0.15) is 0 Å². The summed E-state index contributed by atoms with van der Waals surface area (Å²) in [6, 6.07) is 13.8. The Morgan fingerprint density at radius 1 is 1.07 bits per heavy atom. The summed E-state index contributed by atoms with van der Waals surface area (Å²) in [5.41, 5.74) is 2.24. The van der Waals surface area contributed by atoms with Crippen LogP contribution in [0.3, 0.4) is 0 Å². The van der Waals surface area contributed by atoms with E-state index in [4.69, 9.17) is 4.74 Å². The number of ether oxygens (including phenoxy) is 1. The highest BCUT2D eigenvalue weighted by Crippen LogP contribution is 2.26. The number of rotatable bonds is 10. The highest BCUT2D eigenvalue weighted by atomic mass is 32.2. The number of hydrogen-bond acceptors (Lipinski definition) is 4. The fourth-order valence-corrected chi connectivity index (χ4v) is 4.20. The Bertz CT molecular complexity index is 880. The second-order valence-corrected chi connectivity index (χ2v) is 8.37. The topological polar surface area (TPSA) is 75.7 Å². The maximum Gasteiger partial charge on any atom is 0.264 e. The molecular weight excluding hydrogens is 376 g/mol. The van der Waals surface area contributed by atoms with Crippen LogP contribution in [0.1, 0.15) is 24.5 Å². The Kier molecular flexibility index (Phi) is 8.02. The predicted octanol–water partition coefficient (Wildman–Crippen LogP) is 3.04. The maximum atomic E-state index is 13.3. The Balaban J connectivity index is 2.24. The normalized spacial score (nSPS) is 11.2. The van der Waals surface area contributed by atoms with Crippen molar-refractivity contribution in [3.63, 3.8) is 0 Å². The molecule has 0 spiro atoms. The molecule has 0 aromatic heterocycles. The molecule has 28 heavy (non-hydrogen) atoms. The maximum absolute atomic E-state index is 13.3. The lowest BCUT2D eigenvalue weighted by Crippen LogP contribution is -2.41. The van der Waals surface area contributed by atoms with Crippen molar-refractivity contribution in [3.05, 3.63) is 59.7 Å². The average molecular weight is 405 g/mol. The van der Waals surface area contributed by atoms with Crippen molar-refractivity contribution >= 4 is 21.6 Å². The quantitative estimate of drug-likeness (QED) is 0.618. The largest absolute Gasteiger partial charge is 0.382 e. The number of hydrogen-bond donors (Lipinski definition) is 1. The molecule has 0 aliphatic heterocycles. The summed E-state index contributed by atoms with van der Waals surface area (Å²) in [7, 11) is -3.88. The first-order chi connectivity index (χ1) is 13.4. The zero-order chi connectivity index (χ0) is 20.6. The third-order valence-corrected chi connectivity index (χ3v) is 6.05. The van der Waals surface area contributed by atoms with Crippen molar-refractivity contribution in [2.24, 2.45) is 0 Å². The van der Waals surface area contributed by atoms with Crippen LogP contribution < -0.4 is 9.62 Å². The van der Waals surface area contributed by atoms with Gasteiger partial charge in [0.15, 0.2) is 0 Å². The summed E-state index contributed by atoms with van der Waals surface area (Å²) in [5, 5.41) is 2.77. The first-order valence-corrected chi connectivity index (χ1v) is 10.8. The van der Waals surface area contributed by atoms with E-state index in [1.165, 1.54) is 4.31 Å². The van der Waals surface area contributed by atoms with Crippen molar-refractivity contribution < 1.29 is 17.9 Å². The molecule has 0 aliphatic rings. The number of carbonyl (C=O) groups is 1. The summed E-state index contributed by atoms with van der Waals surface area (Å²) in [5.74, 6) is -0.351. The summed E-state index contributed by atoms with van der Waals surface area (Å²) in [4.78, 5) is 12.6. The Morgan fingerprint density at radius 2 is 1.75 bits per heavy atom. The van der Waals surface area contributed by atoms with Crippen molar-refractivity contribution in [1.82, 2.24) is 5.32 Å². The molecule has 0 heterocycles. The van der Waals surface area contributed by atoms with Gasteiger partial charge in [0.2, 0.25) is 5.91 Å². The van der Waals surface area contributed by atoms with E-state index in [0.717, 1.165) is 11.1 Å². The van der Waals surface area contributed by atoms with Gasteiger partial charge in [-0.25, -0.2) is 8.42 Å². The molecule has 2 aromatic carbocycles. The van der Waals surface area contributed by atoms with Crippen molar-refractivity contribution in [2.75, 3.05) is 30.6 Å². The van der Waals surface area contributed by atoms with E-state index >= 15 is 0 Å². The Labute approximate surface area is 167 Å². The SMILES string of the molecule is CCOCCCNC(=O)CN(c1ccccc1C)S(=O)(=O)c1ccc(C)cc1. The van der Waals surface area contributed by atoms with Gasteiger partial charge in [0.05, 0.1) is 10.6 Å².